The van der Waals surface area contributed by atoms with Crippen LogP contribution in [0, 0.1) is 0 Å². The van der Waals surface area contributed by atoms with Crippen molar-refractivity contribution in [3.63, 3.8) is 0 Å². The molecule has 0 aliphatic carbocycles. The molecule has 0 spiro atoms. The van der Waals surface area contributed by atoms with E-state index in [1.54, 1.807) is 26.0 Å². The van der Waals surface area contributed by atoms with Crippen LogP contribution in [0.1, 0.15) is 45.7 Å². The Morgan fingerprint density at radius 2 is 2.08 bits per heavy atom. The molecule has 3 N–H and O–H groups in total. The van der Waals surface area contributed by atoms with Gasteiger partial charge in [0.2, 0.25) is 0 Å². The molecule has 1 aliphatic rings. The van der Waals surface area contributed by atoms with Crippen molar-refractivity contribution in [3.8, 4) is 11.5 Å². The van der Waals surface area contributed by atoms with E-state index in [0.717, 1.165) is 0 Å². The third-order valence-electron chi connectivity index (χ3n) is 4.06. The van der Waals surface area contributed by atoms with Crippen LogP contribution in [0.4, 0.5) is 4.79 Å². The molecule has 1 aromatic rings. The quantitative estimate of drug-likeness (QED) is 0.604. The molecule has 1 aromatic carbocycles. The van der Waals surface area contributed by atoms with Gasteiger partial charge in [0.05, 0.1) is 28.8 Å². The third kappa shape index (κ3) is 4.30. The molecular weight excluding hydrogens is 404 g/mol. The van der Waals surface area contributed by atoms with Crippen LogP contribution in [-0.2, 0) is 9.53 Å². The van der Waals surface area contributed by atoms with Gasteiger partial charge in [0.25, 0.3) is 0 Å². The van der Waals surface area contributed by atoms with Gasteiger partial charge in [-0.1, -0.05) is 6.92 Å². The predicted molar refractivity (Wildman–Crippen MR) is 99.9 cm³/mol. The molecular formula is C18H23BrN2O5. The van der Waals surface area contributed by atoms with Crippen LogP contribution >= 0.6 is 15.9 Å². The van der Waals surface area contributed by atoms with Crippen LogP contribution in [0.15, 0.2) is 27.9 Å². The largest absolute Gasteiger partial charge is 0.503 e. The highest BCUT2D eigenvalue weighted by atomic mass is 79.9. The molecule has 0 bridgehead atoms. The summed E-state index contributed by atoms with van der Waals surface area (Å²) in [5.41, 5.74) is 1.32. The number of carbonyl (C=O) groups is 2. The lowest BCUT2D eigenvalue weighted by Gasteiger charge is -2.29. The lowest BCUT2D eigenvalue weighted by Crippen LogP contribution is -2.45. The number of amides is 2. The predicted octanol–water partition coefficient (Wildman–Crippen LogP) is 3.52. The second-order valence-electron chi connectivity index (χ2n) is 5.98. The zero-order valence-electron chi connectivity index (χ0n) is 15.2. The fourth-order valence-corrected chi connectivity index (χ4v) is 3.03. The highest BCUT2D eigenvalue weighted by Crippen LogP contribution is 2.39. The number of carbonyl (C=O) groups excluding carboxylic acids is 2. The number of halogens is 1. The molecule has 2 atom stereocenters. The van der Waals surface area contributed by atoms with E-state index in [1.807, 2.05) is 13.8 Å². The van der Waals surface area contributed by atoms with Crippen molar-refractivity contribution in [2.75, 3.05) is 6.61 Å². The van der Waals surface area contributed by atoms with E-state index in [0.29, 0.717) is 34.3 Å². The fraction of sp³-hybridized carbons (Fsp3) is 0.444. The number of hydrogen-bond donors (Lipinski definition) is 3. The summed E-state index contributed by atoms with van der Waals surface area (Å²) in [7, 11) is 0. The van der Waals surface area contributed by atoms with E-state index in [1.165, 1.54) is 0 Å². The molecule has 7 nitrogen and oxygen atoms in total. The van der Waals surface area contributed by atoms with Gasteiger partial charge >= 0.3 is 12.0 Å². The first-order valence-electron chi connectivity index (χ1n) is 8.42. The summed E-state index contributed by atoms with van der Waals surface area (Å²) in [4.78, 5) is 24.6. The van der Waals surface area contributed by atoms with Gasteiger partial charge < -0.3 is 25.2 Å². The van der Waals surface area contributed by atoms with Crippen molar-refractivity contribution >= 4 is 27.9 Å². The van der Waals surface area contributed by atoms with Gasteiger partial charge in [-0.25, -0.2) is 9.59 Å². The minimum Gasteiger partial charge on any atom is -0.503 e. The summed E-state index contributed by atoms with van der Waals surface area (Å²) in [6.45, 7) is 7.54. The minimum atomic E-state index is -0.726. The minimum absolute atomic E-state index is 0.0414. The van der Waals surface area contributed by atoms with Crippen molar-refractivity contribution < 1.29 is 24.2 Å². The molecule has 142 valence electrons. The Morgan fingerprint density at radius 1 is 1.38 bits per heavy atom. The van der Waals surface area contributed by atoms with Crippen LogP contribution in [0.3, 0.4) is 0 Å². The number of benzene rings is 1. The van der Waals surface area contributed by atoms with E-state index in [-0.39, 0.29) is 17.6 Å². The molecule has 8 heteroatoms. The standard InChI is InChI=1S/C18H23BrN2O5/c1-5-9(3)26-17(23)14-10(4)20-18(24)21-15(14)11-7-12(19)16(22)13(8-11)25-6-2/h7-9,15,22H,5-6H2,1-4H3,(H2,20,21,24)/t9-,15-/m1/s1. The lowest BCUT2D eigenvalue weighted by molar-refractivity contribution is -0.144. The fourth-order valence-electron chi connectivity index (χ4n) is 2.57. The Hall–Kier alpha value is -2.22. The normalized spacial score (nSPS) is 18.0. The number of nitrogens with one attached hydrogen (secondary N) is 2. The number of rotatable bonds is 6. The molecule has 0 radical (unpaired) electrons. The Kier molecular flexibility index (Phi) is 6.52. The number of esters is 1. The maximum absolute atomic E-state index is 12.7. The maximum atomic E-state index is 12.7. The van der Waals surface area contributed by atoms with E-state index >= 15 is 0 Å². The topological polar surface area (TPSA) is 96.9 Å². The monoisotopic (exact) mass is 426 g/mol. The number of hydrogen-bond acceptors (Lipinski definition) is 5. The van der Waals surface area contributed by atoms with E-state index in [9.17, 15) is 14.7 Å². The molecule has 26 heavy (non-hydrogen) atoms. The molecule has 0 aromatic heterocycles. The molecule has 1 aliphatic heterocycles. The van der Waals surface area contributed by atoms with Gasteiger partial charge in [0.15, 0.2) is 11.5 Å². The van der Waals surface area contributed by atoms with Gasteiger partial charge in [-0.2, -0.15) is 0 Å². The number of allylic oxidation sites excluding steroid dienone is 1. The summed E-state index contributed by atoms with van der Waals surface area (Å²) >= 11 is 3.28. The molecule has 0 saturated carbocycles. The SMILES string of the molecule is CCOc1cc([C@H]2NC(=O)NC(C)=C2C(=O)O[C@H](C)CC)cc(Br)c1O. The number of urea groups is 1. The van der Waals surface area contributed by atoms with Crippen molar-refractivity contribution in [3.05, 3.63) is 33.4 Å². The summed E-state index contributed by atoms with van der Waals surface area (Å²) in [6, 6.07) is 2.09. The van der Waals surface area contributed by atoms with Crippen LogP contribution in [0.25, 0.3) is 0 Å². The Balaban J connectivity index is 2.49. The zero-order chi connectivity index (χ0) is 19.4. The van der Waals surface area contributed by atoms with E-state index in [2.05, 4.69) is 26.6 Å². The van der Waals surface area contributed by atoms with Crippen molar-refractivity contribution in [1.29, 1.82) is 0 Å². The van der Waals surface area contributed by atoms with Crippen LogP contribution in [0.2, 0.25) is 0 Å². The van der Waals surface area contributed by atoms with Gasteiger partial charge in [-0.15, -0.1) is 0 Å². The van der Waals surface area contributed by atoms with Crippen LogP contribution in [-0.4, -0.2) is 29.8 Å². The molecule has 0 fully saturated rings. The molecule has 2 amide bonds. The molecule has 1 heterocycles. The molecule has 2 rings (SSSR count). The lowest BCUT2D eigenvalue weighted by atomic mass is 9.95. The van der Waals surface area contributed by atoms with Crippen LogP contribution < -0.4 is 15.4 Å². The molecule has 0 unspecified atom stereocenters. The van der Waals surface area contributed by atoms with Crippen LogP contribution in [0.5, 0.6) is 11.5 Å². The Morgan fingerprint density at radius 3 is 2.69 bits per heavy atom. The Labute approximate surface area is 160 Å². The highest BCUT2D eigenvalue weighted by Gasteiger charge is 2.33. The van der Waals surface area contributed by atoms with Crippen molar-refractivity contribution in [2.45, 2.75) is 46.3 Å². The van der Waals surface area contributed by atoms with Gasteiger partial charge in [-0.05, 0) is 60.8 Å². The molecule has 0 saturated heterocycles. The Bertz CT molecular complexity index is 747. The number of phenolic OH excluding ortho intramolecular Hbond substituents is 1. The van der Waals surface area contributed by atoms with Crippen molar-refractivity contribution in [1.82, 2.24) is 10.6 Å². The highest BCUT2D eigenvalue weighted by molar-refractivity contribution is 9.10. The summed E-state index contributed by atoms with van der Waals surface area (Å²) in [5, 5.41) is 15.4. The summed E-state index contributed by atoms with van der Waals surface area (Å²) < 4.78 is 11.3. The second kappa shape index (κ2) is 8.44. The second-order valence-corrected chi connectivity index (χ2v) is 6.83. The summed E-state index contributed by atoms with van der Waals surface area (Å²) in [5.74, 6) is -0.284. The first kappa shape index (κ1) is 20.1. The first-order valence-corrected chi connectivity index (χ1v) is 9.22. The van der Waals surface area contributed by atoms with Crippen molar-refractivity contribution in [2.24, 2.45) is 0 Å². The number of aromatic hydroxyl groups is 1. The zero-order valence-corrected chi connectivity index (χ0v) is 16.8. The van der Waals surface area contributed by atoms with E-state index in [4.69, 9.17) is 9.47 Å². The third-order valence-corrected chi connectivity index (χ3v) is 4.66. The number of ether oxygens (including phenoxy) is 2. The van der Waals surface area contributed by atoms with Gasteiger partial charge in [0, 0.05) is 5.70 Å². The van der Waals surface area contributed by atoms with Gasteiger partial charge in [0.1, 0.15) is 0 Å². The average molecular weight is 427 g/mol. The summed E-state index contributed by atoms with van der Waals surface area (Å²) in [6.07, 6.45) is 0.438. The van der Waals surface area contributed by atoms with E-state index < -0.39 is 18.0 Å². The average Bonchev–Trinajstić information content (AvgIpc) is 2.57. The maximum Gasteiger partial charge on any atom is 0.338 e. The number of phenols is 1. The first-order chi connectivity index (χ1) is 12.3. The smallest absolute Gasteiger partial charge is 0.338 e. The van der Waals surface area contributed by atoms with Gasteiger partial charge in [-0.3, -0.25) is 0 Å².